The number of nitrogens with one attached hydrogen (secondary N) is 1. The number of hydrogen-bond donors (Lipinski definition) is 1. The molecule has 1 amide bonds. The molecule has 0 unspecified atom stereocenters. The van der Waals surface area contributed by atoms with Crippen LogP contribution in [0.2, 0.25) is 0 Å². The van der Waals surface area contributed by atoms with Crippen LogP contribution in [-0.2, 0) is 16.6 Å². The first-order valence-electron chi connectivity index (χ1n) is 10.5. The van der Waals surface area contributed by atoms with Crippen molar-refractivity contribution in [3.63, 3.8) is 0 Å². The minimum absolute atomic E-state index is 0.0212. The summed E-state index contributed by atoms with van der Waals surface area (Å²) in [5.74, 6) is 0.899. The van der Waals surface area contributed by atoms with Gasteiger partial charge in [-0.3, -0.25) is 4.79 Å². The van der Waals surface area contributed by atoms with E-state index in [2.05, 4.69) is 5.32 Å². The Morgan fingerprint density at radius 2 is 1.81 bits per heavy atom. The van der Waals surface area contributed by atoms with Crippen molar-refractivity contribution in [2.24, 2.45) is 0 Å². The fourth-order valence-electron chi connectivity index (χ4n) is 3.51. The van der Waals surface area contributed by atoms with Gasteiger partial charge >= 0.3 is 0 Å². The number of ether oxygens (including phenoxy) is 2. The van der Waals surface area contributed by atoms with Gasteiger partial charge in [0.25, 0.3) is 5.91 Å². The van der Waals surface area contributed by atoms with Gasteiger partial charge in [0, 0.05) is 25.2 Å². The summed E-state index contributed by atoms with van der Waals surface area (Å²) in [5.41, 5.74) is 1.16. The van der Waals surface area contributed by atoms with Gasteiger partial charge in [0.2, 0.25) is 10.0 Å². The van der Waals surface area contributed by atoms with Crippen LogP contribution < -0.4 is 14.8 Å². The first-order valence-corrected chi connectivity index (χ1v) is 12.0. The molecule has 0 saturated carbocycles. The van der Waals surface area contributed by atoms with Crippen molar-refractivity contribution in [2.45, 2.75) is 50.7 Å². The Hall–Kier alpha value is -2.58. The molecule has 1 fully saturated rings. The van der Waals surface area contributed by atoms with E-state index in [0.29, 0.717) is 30.2 Å². The van der Waals surface area contributed by atoms with E-state index < -0.39 is 10.0 Å². The number of hydrogen-bond acceptors (Lipinski definition) is 5. The summed E-state index contributed by atoms with van der Waals surface area (Å²) in [6, 6.07) is 11.7. The molecule has 0 aliphatic carbocycles. The fraction of sp³-hybridized carbons (Fsp3) is 0.435. The van der Waals surface area contributed by atoms with Gasteiger partial charge in [-0.05, 0) is 62.6 Å². The Morgan fingerprint density at radius 1 is 1.06 bits per heavy atom. The molecule has 7 nitrogen and oxygen atoms in total. The minimum Gasteiger partial charge on any atom is -0.493 e. The number of benzene rings is 2. The highest BCUT2D eigenvalue weighted by Crippen LogP contribution is 2.29. The SMILES string of the molecule is COc1cc(CNC(=O)c2cccc(S(=O)(=O)N3CCCCC3)c2)ccc1OC(C)C. The van der Waals surface area contributed by atoms with Gasteiger partial charge in [0.15, 0.2) is 11.5 Å². The van der Waals surface area contributed by atoms with Crippen LogP contribution in [0.5, 0.6) is 11.5 Å². The molecule has 31 heavy (non-hydrogen) atoms. The Kier molecular flexibility index (Phi) is 7.56. The lowest BCUT2D eigenvalue weighted by atomic mass is 10.1. The topological polar surface area (TPSA) is 84.9 Å². The third-order valence-corrected chi connectivity index (χ3v) is 6.99. The molecule has 1 N–H and O–H groups in total. The van der Waals surface area contributed by atoms with Crippen molar-refractivity contribution < 1.29 is 22.7 Å². The monoisotopic (exact) mass is 446 g/mol. The van der Waals surface area contributed by atoms with Crippen LogP contribution in [0.4, 0.5) is 0 Å². The number of piperidine rings is 1. The second kappa shape index (κ2) is 10.2. The molecule has 1 aliphatic heterocycles. The molecule has 0 aromatic heterocycles. The summed E-state index contributed by atoms with van der Waals surface area (Å²) < 4.78 is 38.4. The Morgan fingerprint density at radius 3 is 2.48 bits per heavy atom. The van der Waals surface area contributed by atoms with E-state index in [1.807, 2.05) is 32.0 Å². The average molecular weight is 447 g/mol. The lowest BCUT2D eigenvalue weighted by Crippen LogP contribution is -2.35. The maximum Gasteiger partial charge on any atom is 0.251 e. The predicted octanol–water partition coefficient (Wildman–Crippen LogP) is 3.59. The predicted molar refractivity (Wildman–Crippen MR) is 119 cm³/mol. The largest absolute Gasteiger partial charge is 0.493 e. The van der Waals surface area contributed by atoms with Gasteiger partial charge in [-0.2, -0.15) is 4.31 Å². The average Bonchev–Trinajstić information content (AvgIpc) is 2.78. The second-order valence-electron chi connectivity index (χ2n) is 7.83. The maximum atomic E-state index is 12.9. The van der Waals surface area contributed by atoms with Gasteiger partial charge < -0.3 is 14.8 Å². The number of carbonyl (C=O) groups excluding carboxylic acids is 1. The molecular formula is C23H30N2O5S. The zero-order valence-corrected chi connectivity index (χ0v) is 19.1. The highest BCUT2D eigenvalue weighted by atomic mass is 32.2. The normalized spacial score (nSPS) is 15.0. The molecule has 1 aliphatic rings. The summed E-state index contributed by atoms with van der Waals surface area (Å²) in [6.07, 6.45) is 2.80. The summed E-state index contributed by atoms with van der Waals surface area (Å²) in [5, 5.41) is 2.84. The lowest BCUT2D eigenvalue weighted by Gasteiger charge is -2.26. The number of amides is 1. The zero-order valence-electron chi connectivity index (χ0n) is 18.3. The van der Waals surface area contributed by atoms with Crippen LogP contribution in [0.3, 0.4) is 0 Å². The molecule has 168 valence electrons. The summed E-state index contributed by atoms with van der Waals surface area (Å²) in [4.78, 5) is 12.8. The van der Waals surface area contributed by atoms with E-state index in [1.165, 1.54) is 10.4 Å². The van der Waals surface area contributed by atoms with Crippen molar-refractivity contribution in [3.8, 4) is 11.5 Å². The van der Waals surface area contributed by atoms with Crippen molar-refractivity contribution in [1.82, 2.24) is 9.62 Å². The lowest BCUT2D eigenvalue weighted by molar-refractivity contribution is 0.0950. The molecule has 1 heterocycles. The third-order valence-electron chi connectivity index (χ3n) is 5.09. The number of sulfonamides is 1. The van der Waals surface area contributed by atoms with E-state index in [-0.39, 0.29) is 23.5 Å². The minimum atomic E-state index is -3.59. The Balaban J connectivity index is 1.69. The van der Waals surface area contributed by atoms with Gasteiger partial charge in [-0.25, -0.2) is 8.42 Å². The molecular weight excluding hydrogens is 416 g/mol. The van der Waals surface area contributed by atoms with E-state index in [1.54, 1.807) is 25.3 Å². The van der Waals surface area contributed by atoms with E-state index in [4.69, 9.17) is 9.47 Å². The molecule has 1 saturated heterocycles. The molecule has 2 aromatic carbocycles. The van der Waals surface area contributed by atoms with Crippen LogP contribution in [-0.4, -0.2) is 44.9 Å². The molecule has 8 heteroatoms. The van der Waals surface area contributed by atoms with Crippen LogP contribution >= 0.6 is 0 Å². The van der Waals surface area contributed by atoms with Crippen molar-refractivity contribution in [3.05, 3.63) is 53.6 Å². The van der Waals surface area contributed by atoms with Crippen LogP contribution in [0, 0.1) is 0 Å². The first-order chi connectivity index (χ1) is 14.8. The molecule has 3 rings (SSSR count). The van der Waals surface area contributed by atoms with Crippen molar-refractivity contribution >= 4 is 15.9 Å². The van der Waals surface area contributed by atoms with Crippen molar-refractivity contribution in [1.29, 1.82) is 0 Å². The fourth-order valence-corrected chi connectivity index (χ4v) is 5.07. The third kappa shape index (κ3) is 5.77. The molecule has 0 bridgehead atoms. The summed E-state index contributed by atoms with van der Waals surface area (Å²) in [7, 11) is -2.02. The summed E-state index contributed by atoms with van der Waals surface area (Å²) in [6.45, 7) is 5.20. The Bertz CT molecular complexity index is 1010. The zero-order chi connectivity index (χ0) is 22.4. The number of rotatable bonds is 8. The summed E-state index contributed by atoms with van der Waals surface area (Å²) >= 11 is 0. The number of nitrogens with zero attached hydrogens (tertiary/aromatic N) is 1. The van der Waals surface area contributed by atoms with Gasteiger partial charge in [0.05, 0.1) is 18.1 Å². The maximum absolute atomic E-state index is 12.9. The molecule has 0 spiro atoms. The van der Waals surface area contributed by atoms with E-state index >= 15 is 0 Å². The van der Waals surface area contributed by atoms with E-state index in [0.717, 1.165) is 24.8 Å². The van der Waals surface area contributed by atoms with Gasteiger partial charge in [0.1, 0.15) is 0 Å². The molecule has 0 atom stereocenters. The number of carbonyl (C=O) groups is 1. The smallest absolute Gasteiger partial charge is 0.251 e. The highest BCUT2D eigenvalue weighted by Gasteiger charge is 2.26. The highest BCUT2D eigenvalue weighted by molar-refractivity contribution is 7.89. The van der Waals surface area contributed by atoms with Crippen LogP contribution in [0.15, 0.2) is 47.4 Å². The molecule has 2 aromatic rings. The standard InChI is InChI=1S/C23H30N2O5S/c1-17(2)30-21-11-10-18(14-22(21)29-3)16-24-23(26)19-8-7-9-20(15-19)31(27,28)25-12-5-4-6-13-25/h7-11,14-15,17H,4-6,12-13,16H2,1-3H3,(H,24,26). The second-order valence-corrected chi connectivity index (χ2v) is 9.77. The van der Waals surface area contributed by atoms with Crippen LogP contribution in [0.1, 0.15) is 49.0 Å². The van der Waals surface area contributed by atoms with E-state index in [9.17, 15) is 13.2 Å². The first kappa shape index (κ1) is 23.1. The molecule has 0 radical (unpaired) electrons. The van der Waals surface area contributed by atoms with Crippen LogP contribution in [0.25, 0.3) is 0 Å². The van der Waals surface area contributed by atoms with Gasteiger partial charge in [-0.15, -0.1) is 0 Å². The van der Waals surface area contributed by atoms with Crippen molar-refractivity contribution in [2.75, 3.05) is 20.2 Å². The quantitative estimate of drug-likeness (QED) is 0.670. The van der Waals surface area contributed by atoms with Gasteiger partial charge in [-0.1, -0.05) is 18.6 Å². The number of methoxy groups -OCH3 is 1. The Labute approximate surface area is 184 Å².